The van der Waals surface area contributed by atoms with Gasteiger partial charge in [-0.2, -0.15) is 0 Å². The van der Waals surface area contributed by atoms with Gasteiger partial charge in [-0.25, -0.2) is 9.59 Å². The van der Waals surface area contributed by atoms with Crippen LogP contribution in [0.15, 0.2) is 18.3 Å². The molecule has 24 heavy (non-hydrogen) atoms. The molecule has 0 aliphatic heterocycles. The summed E-state index contributed by atoms with van der Waals surface area (Å²) < 4.78 is 11.1. The molecule has 0 saturated carbocycles. The van der Waals surface area contributed by atoms with Gasteiger partial charge in [0.15, 0.2) is 5.78 Å². The highest BCUT2D eigenvalue weighted by Gasteiger charge is 2.23. The number of rotatable bonds is 5. The van der Waals surface area contributed by atoms with Crippen molar-refractivity contribution >= 4 is 17.8 Å². The first kappa shape index (κ1) is 17.5. The van der Waals surface area contributed by atoms with E-state index in [0.29, 0.717) is 22.5 Å². The number of ether oxygens (including phenoxy) is 2. The van der Waals surface area contributed by atoms with Crippen LogP contribution < -0.4 is 0 Å². The van der Waals surface area contributed by atoms with Crippen molar-refractivity contribution in [1.82, 2.24) is 9.55 Å². The Morgan fingerprint density at radius 1 is 1.29 bits per heavy atom. The molecule has 0 unspecified atom stereocenters. The largest absolute Gasteiger partial charge is 0.461 e. The monoisotopic (exact) mass is 332 g/mol. The normalized spacial score (nSPS) is 10.5. The van der Waals surface area contributed by atoms with Gasteiger partial charge in [0.1, 0.15) is 5.69 Å². The number of nitrogens with one attached hydrogen (secondary N) is 1. The molecule has 7 heteroatoms. The van der Waals surface area contributed by atoms with Crippen molar-refractivity contribution in [1.29, 1.82) is 0 Å². The zero-order valence-electron chi connectivity index (χ0n) is 14.1. The van der Waals surface area contributed by atoms with Crippen LogP contribution in [0.1, 0.15) is 51.6 Å². The molecule has 0 aromatic carbocycles. The van der Waals surface area contributed by atoms with Gasteiger partial charge in [0.25, 0.3) is 0 Å². The van der Waals surface area contributed by atoms with Crippen molar-refractivity contribution in [2.24, 2.45) is 0 Å². The number of H-pyrrole nitrogens is 1. The van der Waals surface area contributed by atoms with E-state index in [1.54, 1.807) is 32.2 Å². The maximum absolute atomic E-state index is 12.0. The number of hydrogen-bond acceptors (Lipinski definition) is 5. The second-order valence-electron chi connectivity index (χ2n) is 5.27. The molecule has 0 saturated heterocycles. The Kier molecular flexibility index (Phi) is 5.23. The fraction of sp³-hybridized carbons (Fsp3) is 0.353. The first-order valence-corrected chi connectivity index (χ1v) is 7.54. The highest BCUT2D eigenvalue weighted by Crippen LogP contribution is 2.23. The number of aromatic amines is 1. The molecular formula is C17H20N2O5. The highest BCUT2D eigenvalue weighted by atomic mass is 16.5. The second kappa shape index (κ2) is 7.16. The molecular weight excluding hydrogens is 312 g/mol. The lowest BCUT2D eigenvalue weighted by atomic mass is 10.0. The number of methoxy groups -OCH3 is 1. The van der Waals surface area contributed by atoms with Crippen LogP contribution >= 0.6 is 0 Å². The summed E-state index contributed by atoms with van der Waals surface area (Å²) in [5.41, 5.74) is 2.45. The maximum atomic E-state index is 12.0. The molecule has 0 amide bonds. The van der Waals surface area contributed by atoms with Crippen LogP contribution in [0.25, 0.3) is 0 Å². The van der Waals surface area contributed by atoms with Crippen molar-refractivity contribution in [3.63, 3.8) is 0 Å². The molecule has 128 valence electrons. The number of esters is 1. The van der Waals surface area contributed by atoms with E-state index in [2.05, 4.69) is 4.98 Å². The molecule has 7 nitrogen and oxygen atoms in total. The third kappa shape index (κ3) is 3.24. The molecule has 2 rings (SSSR count). The molecule has 0 aliphatic carbocycles. The van der Waals surface area contributed by atoms with Gasteiger partial charge in [0.2, 0.25) is 0 Å². The zero-order valence-corrected chi connectivity index (χ0v) is 14.1. The van der Waals surface area contributed by atoms with Crippen LogP contribution in [0.5, 0.6) is 0 Å². The number of carbonyl (C=O) groups is 3. The average Bonchev–Trinajstić information content (AvgIpc) is 3.11. The number of nitrogens with zero attached hydrogens (tertiary/aromatic N) is 1. The van der Waals surface area contributed by atoms with Crippen molar-refractivity contribution in [2.45, 2.75) is 27.2 Å². The quantitative estimate of drug-likeness (QED) is 0.671. The minimum atomic E-state index is -0.520. The van der Waals surface area contributed by atoms with Gasteiger partial charge in [-0.05, 0) is 38.5 Å². The molecule has 0 fully saturated rings. The minimum absolute atomic E-state index is 0.162. The lowest BCUT2D eigenvalue weighted by molar-refractivity contribution is 0.0519. The predicted octanol–water partition coefficient (Wildman–Crippen LogP) is 2.71. The van der Waals surface area contributed by atoms with E-state index in [-0.39, 0.29) is 24.5 Å². The fourth-order valence-electron chi connectivity index (χ4n) is 2.69. The Balaban J connectivity index is 2.45. The molecule has 0 bridgehead atoms. The van der Waals surface area contributed by atoms with Crippen LogP contribution in [0.2, 0.25) is 0 Å². The summed E-state index contributed by atoms with van der Waals surface area (Å²) in [5.74, 6) is -0.669. The summed E-state index contributed by atoms with van der Waals surface area (Å²) in [6.07, 6.45) is 1.33. The Hall–Kier alpha value is -2.83. The summed E-state index contributed by atoms with van der Waals surface area (Å²) in [4.78, 5) is 38.8. The SMILES string of the molecule is CCOC(=O)c1[nH]c(Cc2cccn2C(=O)OC)c(C(C)=O)c1C. The standard InChI is InChI=1S/C17H20N2O5/c1-5-24-16(21)15-10(2)14(11(3)20)13(18-15)9-12-7-6-8-19(12)17(22)23-4/h6-8,18H,5,9H2,1-4H3. The number of Topliss-reactive ketones (excluding diaryl/α,β-unsaturated/α-hetero) is 1. The first-order valence-electron chi connectivity index (χ1n) is 7.54. The van der Waals surface area contributed by atoms with Crippen LogP contribution in [0.3, 0.4) is 0 Å². The zero-order chi connectivity index (χ0) is 17.9. The van der Waals surface area contributed by atoms with Gasteiger partial charge in [0, 0.05) is 29.6 Å². The Morgan fingerprint density at radius 2 is 2.00 bits per heavy atom. The van der Waals surface area contributed by atoms with Crippen molar-refractivity contribution in [2.75, 3.05) is 13.7 Å². The Bertz CT molecular complexity index is 785. The number of ketones is 1. The van der Waals surface area contributed by atoms with E-state index in [0.717, 1.165) is 0 Å². The summed E-state index contributed by atoms with van der Waals surface area (Å²) >= 11 is 0. The van der Waals surface area contributed by atoms with Gasteiger partial charge in [0.05, 0.1) is 13.7 Å². The Morgan fingerprint density at radius 3 is 2.58 bits per heavy atom. The molecule has 0 atom stereocenters. The minimum Gasteiger partial charge on any atom is -0.461 e. The fourth-order valence-corrected chi connectivity index (χ4v) is 2.69. The van der Waals surface area contributed by atoms with Gasteiger partial charge < -0.3 is 14.5 Å². The van der Waals surface area contributed by atoms with E-state index in [4.69, 9.17) is 9.47 Å². The van der Waals surface area contributed by atoms with Gasteiger partial charge in [-0.3, -0.25) is 9.36 Å². The molecule has 0 radical (unpaired) electrons. The number of aromatic nitrogens is 2. The van der Waals surface area contributed by atoms with E-state index in [1.165, 1.54) is 18.6 Å². The van der Waals surface area contributed by atoms with E-state index in [1.807, 2.05) is 0 Å². The topological polar surface area (TPSA) is 90.4 Å². The average molecular weight is 332 g/mol. The lowest BCUT2D eigenvalue weighted by Gasteiger charge is -2.07. The molecule has 2 aromatic rings. The second-order valence-corrected chi connectivity index (χ2v) is 5.27. The van der Waals surface area contributed by atoms with E-state index >= 15 is 0 Å². The van der Waals surface area contributed by atoms with Crippen LogP contribution in [0, 0.1) is 6.92 Å². The maximum Gasteiger partial charge on any atom is 0.417 e. The molecule has 0 aliphatic rings. The Labute approximate surface area is 139 Å². The highest BCUT2D eigenvalue weighted by molar-refractivity contribution is 6.01. The number of hydrogen-bond donors (Lipinski definition) is 1. The summed E-state index contributed by atoms with van der Waals surface area (Å²) in [5, 5.41) is 0. The van der Waals surface area contributed by atoms with Crippen molar-refractivity contribution in [3.05, 3.63) is 46.5 Å². The van der Waals surface area contributed by atoms with Gasteiger partial charge in [-0.1, -0.05) is 0 Å². The first-order chi connectivity index (χ1) is 11.4. The lowest BCUT2D eigenvalue weighted by Crippen LogP contribution is -2.14. The number of carbonyl (C=O) groups excluding carboxylic acids is 3. The smallest absolute Gasteiger partial charge is 0.417 e. The van der Waals surface area contributed by atoms with Crippen molar-refractivity contribution < 1.29 is 23.9 Å². The molecule has 2 aromatic heterocycles. The van der Waals surface area contributed by atoms with Crippen molar-refractivity contribution in [3.8, 4) is 0 Å². The predicted molar refractivity (Wildman–Crippen MR) is 86.5 cm³/mol. The van der Waals surface area contributed by atoms with Crippen LogP contribution in [-0.4, -0.2) is 41.1 Å². The third-order valence-corrected chi connectivity index (χ3v) is 3.72. The van der Waals surface area contributed by atoms with Crippen LogP contribution in [0.4, 0.5) is 4.79 Å². The molecule has 2 heterocycles. The van der Waals surface area contributed by atoms with E-state index in [9.17, 15) is 14.4 Å². The van der Waals surface area contributed by atoms with Gasteiger partial charge in [-0.15, -0.1) is 0 Å². The summed E-state index contributed by atoms with van der Waals surface area (Å²) in [7, 11) is 1.30. The molecule has 1 N–H and O–H groups in total. The summed E-state index contributed by atoms with van der Waals surface area (Å²) in [6, 6.07) is 3.46. The van der Waals surface area contributed by atoms with E-state index < -0.39 is 12.1 Å². The van der Waals surface area contributed by atoms with Crippen LogP contribution in [-0.2, 0) is 15.9 Å². The molecule has 0 spiro atoms. The summed E-state index contributed by atoms with van der Waals surface area (Å²) in [6.45, 7) is 5.09. The third-order valence-electron chi connectivity index (χ3n) is 3.72. The van der Waals surface area contributed by atoms with Gasteiger partial charge >= 0.3 is 12.1 Å².